The van der Waals surface area contributed by atoms with E-state index < -0.39 is 15.6 Å². The number of rotatable bonds is 5. The Morgan fingerprint density at radius 2 is 2.24 bits per heavy atom. The fourth-order valence-electron chi connectivity index (χ4n) is 1.52. The zero-order valence-corrected chi connectivity index (χ0v) is 11.0. The Labute approximate surface area is 102 Å². The monoisotopic (exact) mass is 260 g/mol. The van der Waals surface area contributed by atoms with E-state index in [1.807, 2.05) is 6.92 Å². The average molecular weight is 260 g/mol. The van der Waals surface area contributed by atoms with Gasteiger partial charge in [0.1, 0.15) is 15.7 Å². The molecule has 1 aliphatic heterocycles. The van der Waals surface area contributed by atoms with Crippen molar-refractivity contribution in [1.29, 1.82) is 0 Å². The number of sulfone groups is 1. The number of hydrogen-bond acceptors (Lipinski definition) is 6. The average Bonchev–Trinajstić information content (AvgIpc) is 2.25. The second kappa shape index (κ2) is 5.05. The van der Waals surface area contributed by atoms with Gasteiger partial charge in [-0.1, -0.05) is 13.8 Å². The Morgan fingerprint density at radius 1 is 1.59 bits per heavy atom. The van der Waals surface area contributed by atoms with Crippen LogP contribution in [-0.2, 0) is 9.84 Å². The highest BCUT2D eigenvalue weighted by Crippen LogP contribution is 2.19. The molecule has 0 fully saturated rings. The van der Waals surface area contributed by atoms with Crippen LogP contribution in [0.5, 0.6) is 0 Å². The molecule has 2 unspecified atom stereocenters. The lowest BCUT2D eigenvalue weighted by Gasteiger charge is -2.34. The van der Waals surface area contributed by atoms with Crippen molar-refractivity contribution in [2.75, 3.05) is 11.5 Å². The van der Waals surface area contributed by atoms with Gasteiger partial charge in [0.25, 0.3) is 0 Å². The maximum absolute atomic E-state index is 11.4. The van der Waals surface area contributed by atoms with Crippen molar-refractivity contribution in [2.45, 2.75) is 26.1 Å². The van der Waals surface area contributed by atoms with Crippen LogP contribution < -0.4 is 16.8 Å². The summed E-state index contributed by atoms with van der Waals surface area (Å²) >= 11 is 0. The summed E-state index contributed by atoms with van der Waals surface area (Å²) in [7, 11) is -2.97. The van der Waals surface area contributed by atoms with E-state index in [4.69, 9.17) is 11.5 Å². The van der Waals surface area contributed by atoms with Crippen LogP contribution >= 0.6 is 0 Å². The Morgan fingerprint density at radius 3 is 2.76 bits per heavy atom. The second-order valence-electron chi connectivity index (χ2n) is 4.27. The van der Waals surface area contributed by atoms with Crippen molar-refractivity contribution >= 4 is 15.7 Å². The van der Waals surface area contributed by atoms with Crippen LogP contribution in [0.3, 0.4) is 0 Å². The fraction of sp³-hybridized carbons (Fsp3) is 0.700. The van der Waals surface area contributed by atoms with Crippen molar-refractivity contribution in [3.8, 4) is 0 Å². The maximum Gasteiger partial charge on any atom is 0.186 e. The fourth-order valence-corrected chi connectivity index (χ4v) is 2.52. The van der Waals surface area contributed by atoms with E-state index in [-0.39, 0.29) is 17.4 Å². The first kappa shape index (κ1) is 14.0. The van der Waals surface area contributed by atoms with Gasteiger partial charge in [-0.15, -0.1) is 0 Å². The van der Waals surface area contributed by atoms with E-state index >= 15 is 0 Å². The van der Waals surface area contributed by atoms with E-state index in [0.717, 1.165) is 0 Å². The molecule has 0 saturated carbocycles. The SMILES string of the molecule is CCS(=O)(=O)CCC(C)C1(N)N=C(N)C=CN1. The molecule has 0 aromatic rings. The number of nitrogens with two attached hydrogens (primary N) is 2. The van der Waals surface area contributed by atoms with E-state index in [9.17, 15) is 8.42 Å². The van der Waals surface area contributed by atoms with Gasteiger partial charge in [-0.3, -0.25) is 5.73 Å². The summed E-state index contributed by atoms with van der Waals surface area (Å²) in [5.41, 5.74) is 11.6. The van der Waals surface area contributed by atoms with E-state index in [1.54, 1.807) is 19.2 Å². The minimum atomic E-state index is -2.97. The summed E-state index contributed by atoms with van der Waals surface area (Å²) in [6, 6.07) is 0. The van der Waals surface area contributed by atoms with Gasteiger partial charge in [0.15, 0.2) is 5.79 Å². The molecule has 0 amide bonds. The molecule has 7 heteroatoms. The maximum atomic E-state index is 11.4. The van der Waals surface area contributed by atoms with Crippen molar-refractivity contribution in [1.82, 2.24) is 5.32 Å². The zero-order chi connectivity index (χ0) is 13.1. The third-order valence-electron chi connectivity index (χ3n) is 2.94. The van der Waals surface area contributed by atoms with Gasteiger partial charge in [0, 0.05) is 17.9 Å². The minimum absolute atomic E-state index is 0.116. The molecule has 0 spiro atoms. The number of amidine groups is 1. The third-order valence-corrected chi connectivity index (χ3v) is 4.67. The molecule has 0 radical (unpaired) electrons. The molecule has 6 nitrogen and oxygen atoms in total. The predicted octanol–water partition coefficient (Wildman–Crippen LogP) is -0.466. The van der Waals surface area contributed by atoms with Gasteiger partial charge in [-0.2, -0.15) is 0 Å². The van der Waals surface area contributed by atoms with Crippen molar-refractivity contribution in [3.63, 3.8) is 0 Å². The molecule has 0 aromatic heterocycles. The molecular formula is C10H20N4O2S. The normalized spacial score (nSPS) is 26.2. The van der Waals surface area contributed by atoms with Gasteiger partial charge in [0.05, 0.1) is 5.75 Å². The van der Waals surface area contributed by atoms with Crippen LogP contribution in [0.15, 0.2) is 17.3 Å². The molecule has 17 heavy (non-hydrogen) atoms. The summed E-state index contributed by atoms with van der Waals surface area (Å²) in [6.45, 7) is 3.49. The topological polar surface area (TPSA) is 111 Å². The molecule has 0 aliphatic carbocycles. The summed E-state index contributed by atoms with van der Waals surface area (Å²) in [4.78, 5) is 4.12. The predicted molar refractivity (Wildman–Crippen MR) is 68.9 cm³/mol. The van der Waals surface area contributed by atoms with Crippen LogP contribution in [0.1, 0.15) is 20.3 Å². The highest BCUT2D eigenvalue weighted by atomic mass is 32.2. The lowest BCUT2D eigenvalue weighted by Crippen LogP contribution is -2.57. The number of nitrogens with one attached hydrogen (secondary N) is 1. The van der Waals surface area contributed by atoms with Gasteiger partial charge < -0.3 is 11.1 Å². The zero-order valence-electron chi connectivity index (χ0n) is 10.2. The highest BCUT2D eigenvalue weighted by Gasteiger charge is 2.32. The van der Waals surface area contributed by atoms with Gasteiger partial charge in [-0.25, -0.2) is 13.4 Å². The van der Waals surface area contributed by atoms with E-state index in [1.165, 1.54) is 0 Å². The molecule has 0 saturated heterocycles. The molecule has 1 heterocycles. The molecule has 1 aliphatic rings. The Balaban J connectivity index is 2.65. The third kappa shape index (κ3) is 3.71. The first-order chi connectivity index (χ1) is 7.79. The highest BCUT2D eigenvalue weighted by molar-refractivity contribution is 7.91. The summed E-state index contributed by atoms with van der Waals surface area (Å²) < 4.78 is 22.8. The number of aliphatic imine (C=N–C) groups is 1. The van der Waals surface area contributed by atoms with E-state index in [2.05, 4.69) is 10.3 Å². The Bertz CT molecular complexity index is 430. The first-order valence-electron chi connectivity index (χ1n) is 5.58. The number of nitrogens with zero attached hydrogens (tertiary/aromatic N) is 1. The van der Waals surface area contributed by atoms with Crippen LogP contribution in [0.2, 0.25) is 0 Å². The standard InChI is InChI=1S/C10H20N4O2S/c1-3-17(15,16)7-5-8(2)10(12)13-6-4-9(11)14-10/h4,6,8,13H,3,5,7,12H2,1-2H3,(H2,11,14). The van der Waals surface area contributed by atoms with Crippen molar-refractivity contribution in [3.05, 3.63) is 12.3 Å². The molecule has 2 atom stereocenters. The molecule has 0 bridgehead atoms. The van der Waals surface area contributed by atoms with Gasteiger partial charge in [-0.05, 0) is 12.5 Å². The summed E-state index contributed by atoms with van der Waals surface area (Å²) in [5, 5.41) is 2.91. The molecule has 1 rings (SSSR count). The molecular weight excluding hydrogens is 240 g/mol. The van der Waals surface area contributed by atoms with Crippen LogP contribution in [0, 0.1) is 5.92 Å². The van der Waals surface area contributed by atoms with E-state index in [0.29, 0.717) is 12.3 Å². The first-order valence-corrected chi connectivity index (χ1v) is 7.40. The lowest BCUT2D eigenvalue weighted by molar-refractivity contribution is 0.259. The Kier molecular flexibility index (Phi) is 4.16. The number of hydrogen-bond donors (Lipinski definition) is 3. The molecule has 5 N–H and O–H groups in total. The van der Waals surface area contributed by atoms with Crippen molar-refractivity contribution < 1.29 is 8.42 Å². The van der Waals surface area contributed by atoms with Crippen LogP contribution in [-0.4, -0.2) is 31.5 Å². The smallest absolute Gasteiger partial charge is 0.186 e. The quantitative estimate of drug-likeness (QED) is 0.619. The summed E-state index contributed by atoms with van der Waals surface area (Å²) in [5.74, 6) is -0.536. The minimum Gasteiger partial charge on any atom is -0.384 e. The van der Waals surface area contributed by atoms with Crippen LogP contribution in [0.4, 0.5) is 0 Å². The van der Waals surface area contributed by atoms with Gasteiger partial charge in [0.2, 0.25) is 0 Å². The second-order valence-corrected chi connectivity index (χ2v) is 6.74. The lowest BCUT2D eigenvalue weighted by atomic mass is 10.00. The van der Waals surface area contributed by atoms with Crippen LogP contribution in [0.25, 0.3) is 0 Å². The molecule has 98 valence electrons. The van der Waals surface area contributed by atoms with Crippen molar-refractivity contribution in [2.24, 2.45) is 22.4 Å². The Hall–Kier alpha value is -1.08. The van der Waals surface area contributed by atoms with Gasteiger partial charge >= 0.3 is 0 Å². The largest absolute Gasteiger partial charge is 0.384 e. The molecule has 0 aromatic carbocycles. The summed E-state index contributed by atoms with van der Waals surface area (Å²) in [6.07, 6.45) is 3.69.